The topological polar surface area (TPSA) is 46.3 Å². The van der Waals surface area contributed by atoms with Gasteiger partial charge in [0.25, 0.3) is 0 Å². The summed E-state index contributed by atoms with van der Waals surface area (Å²) >= 11 is 0. The van der Waals surface area contributed by atoms with Crippen molar-refractivity contribution in [3.05, 3.63) is 0 Å². The molecule has 1 aliphatic rings. The maximum atomic E-state index is 12.5. The molecule has 1 fully saturated rings. The third-order valence-electron chi connectivity index (χ3n) is 4.91. The Morgan fingerprint density at radius 2 is 1.90 bits per heavy atom. The molecule has 21 heavy (non-hydrogen) atoms. The molecule has 0 aliphatic carbocycles. The standard InChI is InChI=1S/C18H36N2O/c1-14(2)11-15(13-19)12-17(21)20-9-6-7-16(8-10-20)18(3,4)5/h14-16H,6-13,19H2,1-5H3. The average Bonchev–Trinajstić information content (AvgIpc) is 2.62. The van der Waals surface area contributed by atoms with Crippen LogP contribution in [0.1, 0.15) is 66.7 Å². The minimum absolute atomic E-state index is 0.320. The van der Waals surface area contributed by atoms with E-state index in [0.29, 0.717) is 36.1 Å². The molecule has 1 rings (SSSR count). The molecule has 0 aromatic carbocycles. The van der Waals surface area contributed by atoms with E-state index >= 15 is 0 Å². The van der Waals surface area contributed by atoms with Crippen LogP contribution in [0.5, 0.6) is 0 Å². The summed E-state index contributed by atoms with van der Waals surface area (Å²) in [6.07, 6.45) is 5.23. The molecule has 0 saturated carbocycles. The van der Waals surface area contributed by atoms with Gasteiger partial charge in [0.15, 0.2) is 0 Å². The van der Waals surface area contributed by atoms with Crippen LogP contribution in [0.25, 0.3) is 0 Å². The molecule has 1 aliphatic heterocycles. The highest BCUT2D eigenvalue weighted by Crippen LogP contribution is 2.34. The molecule has 2 unspecified atom stereocenters. The summed E-state index contributed by atoms with van der Waals surface area (Å²) in [5, 5.41) is 0. The van der Waals surface area contributed by atoms with Crippen molar-refractivity contribution < 1.29 is 4.79 Å². The fourth-order valence-corrected chi connectivity index (χ4v) is 3.52. The SMILES string of the molecule is CC(C)CC(CN)CC(=O)N1CCCC(C(C)(C)C)CC1. The van der Waals surface area contributed by atoms with Gasteiger partial charge in [-0.25, -0.2) is 0 Å². The Morgan fingerprint density at radius 3 is 2.43 bits per heavy atom. The molecule has 1 saturated heterocycles. The van der Waals surface area contributed by atoms with Crippen LogP contribution in [0.4, 0.5) is 0 Å². The summed E-state index contributed by atoms with van der Waals surface area (Å²) in [6, 6.07) is 0. The van der Waals surface area contributed by atoms with E-state index in [9.17, 15) is 4.79 Å². The summed E-state index contributed by atoms with van der Waals surface area (Å²) in [6.45, 7) is 13.9. The Labute approximate surface area is 131 Å². The summed E-state index contributed by atoms with van der Waals surface area (Å²) in [5.41, 5.74) is 6.20. The zero-order valence-electron chi connectivity index (χ0n) is 14.8. The van der Waals surface area contributed by atoms with Gasteiger partial charge in [-0.1, -0.05) is 34.6 Å². The monoisotopic (exact) mass is 296 g/mol. The molecule has 2 N–H and O–H groups in total. The van der Waals surface area contributed by atoms with Crippen LogP contribution in [-0.4, -0.2) is 30.4 Å². The minimum atomic E-state index is 0.320. The van der Waals surface area contributed by atoms with E-state index in [1.54, 1.807) is 0 Å². The highest BCUT2D eigenvalue weighted by Gasteiger charge is 2.28. The van der Waals surface area contributed by atoms with E-state index in [0.717, 1.165) is 38.3 Å². The van der Waals surface area contributed by atoms with E-state index in [1.807, 2.05) is 0 Å². The fraction of sp³-hybridized carbons (Fsp3) is 0.944. The van der Waals surface area contributed by atoms with E-state index in [2.05, 4.69) is 39.5 Å². The first-order valence-electron chi connectivity index (χ1n) is 8.71. The van der Waals surface area contributed by atoms with E-state index < -0.39 is 0 Å². The van der Waals surface area contributed by atoms with Crippen LogP contribution in [0.3, 0.4) is 0 Å². The number of rotatable bonds is 5. The molecule has 1 heterocycles. The van der Waals surface area contributed by atoms with Crippen LogP contribution in [0.2, 0.25) is 0 Å². The number of nitrogens with zero attached hydrogens (tertiary/aromatic N) is 1. The predicted octanol–water partition coefficient (Wildman–Crippen LogP) is 3.67. The molecule has 0 spiro atoms. The largest absolute Gasteiger partial charge is 0.343 e. The van der Waals surface area contributed by atoms with E-state index in [4.69, 9.17) is 5.73 Å². The van der Waals surface area contributed by atoms with Crippen molar-refractivity contribution in [2.45, 2.75) is 66.7 Å². The lowest BCUT2D eigenvalue weighted by molar-refractivity contribution is -0.132. The molecule has 3 heteroatoms. The number of hydrogen-bond donors (Lipinski definition) is 1. The Kier molecular flexibility index (Phi) is 7.19. The summed E-state index contributed by atoms with van der Waals surface area (Å²) in [5.74, 6) is 2.01. The second-order valence-electron chi connectivity index (χ2n) is 8.31. The Morgan fingerprint density at radius 1 is 1.24 bits per heavy atom. The van der Waals surface area contributed by atoms with Gasteiger partial charge in [0.1, 0.15) is 0 Å². The second kappa shape index (κ2) is 8.17. The average molecular weight is 296 g/mol. The molecular formula is C18H36N2O. The first-order valence-corrected chi connectivity index (χ1v) is 8.71. The van der Waals surface area contributed by atoms with Gasteiger partial charge < -0.3 is 10.6 Å². The van der Waals surface area contributed by atoms with Crippen LogP contribution < -0.4 is 5.73 Å². The molecular weight excluding hydrogens is 260 g/mol. The smallest absolute Gasteiger partial charge is 0.222 e. The lowest BCUT2D eigenvalue weighted by Gasteiger charge is -2.30. The Hall–Kier alpha value is -0.570. The minimum Gasteiger partial charge on any atom is -0.343 e. The number of carbonyl (C=O) groups is 1. The molecule has 2 atom stereocenters. The van der Waals surface area contributed by atoms with Crippen LogP contribution in [0.15, 0.2) is 0 Å². The van der Waals surface area contributed by atoms with Gasteiger partial charge >= 0.3 is 0 Å². The molecule has 1 amide bonds. The van der Waals surface area contributed by atoms with Crippen LogP contribution >= 0.6 is 0 Å². The van der Waals surface area contributed by atoms with Crippen LogP contribution in [-0.2, 0) is 4.79 Å². The van der Waals surface area contributed by atoms with Gasteiger partial charge in [-0.3, -0.25) is 4.79 Å². The van der Waals surface area contributed by atoms with Crippen molar-refractivity contribution in [1.29, 1.82) is 0 Å². The maximum absolute atomic E-state index is 12.5. The third-order valence-corrected chi connectivity index (χ3v) is 4.91. The quantitative estimate of drug-likeness (QED) is 0.841. The number of carbonyl (C=O) groups excluding carboxylic acids is 1. The normalized spacial score (nSPS) is 22.2. The first-order chi connectivity index (χ1) is 9.74. The number of hydrogen-bond acceptors (Lipinski definition) is 2. The molecule has 0 aromatic rings. The highest BCUT2D eigenvalue weighted by molar-refractivity contribution is 5.76. The van der Waals surface area contributed by atoms with Gasteiger partial charge in [-0.05, 0) is 55.4 Å². The fourth-order valence-electron chi connectivity index (χ4n) is 3.52. The van der Waals surface area contributed by atoms with E-state index in [-0.39, 0.29) is 0 Å². The zero-order chi connectivity index (χ0) is 16.0. The van der Waals surface area contributed by atoms with Crippen molar-refractivity contribution in [3.63, 3.8) is 0 Å². The van der Waals surface area contributed by atoms with Crippen molar-refractivity contribution in [1.82, 2.24) is 4.90 Å². The van der Waals surface area contributed by atoms with Crippen molar-refractivity contribution in [2.75, 3.05) is 19.6 Å². The first kappa shape index (κ1) is 18.5. The molecule has 124 valence electrons. The van der Waals surface area contributed by atoms with Crippen LogP contribution in [0, 0.1) is 23.2 Å². The Bertz CT molecular complexity index is 320. The third kappa shape index (κ3) is 6.37. The van der Waals surface area contributed by atoms with Crippen molar-refractivity contribution in [2.24, 2.45) is 28.9 Å². The molecule has 0 bridgehead atoms. The van der Waals surface area contributed by atoms with Crippen molar-refractivity contribution in [3.8, 4) is 0 Å². The van der Waals surface area contributed by atoms with Crippen molar-refractivity contribution >= 4 is 5.91 Å². The van der Waals surface area contributed by atoms with Gasteiger partial charge in [-0.15, -0.1) is 0 Å². The Balaban J connectivity index is 2.51. The summed E-state index contributed by atoms with van der Waals surface area (Å²) < 4.78 is 0. The lowest BCUT2D eigenvalue weighted by Crippen LogP contribution is -2.35. The summed E-state index contributed by atoms with van der Waals surface area (Å²) in [7, 11) is 0. The van der Waals surface area contributed by atoms with E-state index in [1.165, 1.54) is 6.42 Å². The second-order valence-corrected chi connectivity index (χ2v) is 8.31. The maximum Gasteiger partial charge on any atom is 0.222 e. The lowest BCUT2D eigenvalue weighted by atomic mass is 9.77. The predicted molar refractivity (Wildman–Crippen MR) is 90.0 cm³/mol. The highest BCUT2D eigenvalue weighted by atomic mass is 16.2. The van der Waals surface area contributed by atoms with Gasteiger partial charge in [0, 0.05) is 19.5 Å². The van der Waals surface area contributed by atoms with Gasteiger partial charge in [0.2, 0.25) is 5.91 Å². The number of nitrogens with two attached hydrogens (primary N) is 1. The van der Waals surface area contributed by atoms with Gasteiger partial charge in [-0.2, -0.15) is 0 Å². The molecule has 0 radical (unpaired) electrons. The number of amides is 1. The number of likely N-dealkylation sites (tertiary alicyclic amines) is 1. The summed E-state index contributed by atoms with van der Waals surface area (Å²) in [4.78, 5) is 14.6. The molecule has 3 nitrogen and oxygen atoms in total. The zero-order valence-corrected chi connectivity index (χ0v) is 14.8. The molecule has 0 aromatic heterocycles. The van der Waals surface area contributed by atoms with Gasteiger partial charge in [0.05, 0.1) is 0 Å².